The zero-order valence-electron chi connectivity index (χ0n) is 10.8. The molecule has 4 heteroatoms. The highest BCUT2D eigenvalue weighted by Gasteiger charge is 2.11. The molecule has 1 aromatic rings. The molecule has 1 N–H and O–H groups in total. The van der Waals surface area contributed by atoms with Gasteiger partial charge in [-0.1, -0.05) is 18.9 Å². The second kappa shape index (κ2) is 7.22. The van der Waals surface area contributed by atoms with Crippen LogP contribution in [0.3, 0.4) is 0 Å². The molecule has 0 heterocycles. The first-order valence-electron chi connectivity index (χ1n) is 5.98. The number of carboxylic acid groups (broad SMARTS) is 1. The lowest BCUT2D eigenvalue weighted by Crippen LogP contribution is -2.25. The molecule has 0 atom stereocenters. The molecular formula is C15H16FNO2. The Bertz CT molecular complexity index is 517. The van der Waals surface area contributed by atoms with E-state index in [2.05, 4.69) is 5.92 Å². The lowest BCUT2D eigenvalue weighted by Gasteiger charge is -2.24. The standard InChI is InChI=1S/C15H16FNO2/c1-3-10-17(11-4-2)14-7-5-6-13(16)12(14)8-9-15(18)19/h1,5-9H,4,10-11H2,2H3,(H,18,19)/b9-8+. The summed E-state index contributed by atoms with van der Waals surface area (Å²) in [6.45, 7) is 3.03. The molecule has 0 amide bonds. The van der Waals surface area contributed by atoms with Crippen LogP contribution >= 0.6 is 0 Å². The van der Waals surface area contributed by atoms with Gasteiger partial charge in [0.05, 0.1) is 6.54 Å². The molecule has 0 aliphatic heterocycles. The van der Waals surface area contributed by atoms with E-state index < -0.39 is 11.8 Å². The summed E-state index contributed by atoms with van der Waals surface area (Å²) >= 11 is 0. The molecular weight excluding hydrogens is 245 g/mol. The van der Waals surface area contributed by atoms with Crippen LogP contribution in [0.15, 0.2) is 24.3 Å². The number of terminal acetylenes is 1. The molecule has 0 saturated carbocycles. The van der Waals surface area contributed by atoms with E-state index in [-0.39, 0.29) is 5.56 Å². The van der Waals surface area contributed by atoms with Gasteiger partial charge in [-0.3, -0.25) is 0 Å². The van der Waals surface area contributed by atoms with Gasteiger partial charge < -0.3 is 10.0 Å². The van der Waals surface area contributed by atoms with E-state index in [0.29, 0.717) is 18.8 Å². The van der Waals surface area contributed by atoms with Crippen LogP contribution in [0, 0.1) is 18.2 Å². The second-order valence-corrected chi connectivity index (χ2v) is 3.97. The summed E-state index contributed by atoms with van der Waals surface area (Å²) in [6, 6.07) is 4.62. The summed E-state index contributed by atoms with van der Waals surface area (Å²) in [5, 5.41) is 8.65. The number of benzene rings is 1. The van der Waals surface area contributed by atoms with Gasteiger partial charge in [-0.05, 0) is 24.6 Å². The Morgan fingerprint density at radius 2 is 2.32 bits per heavy atom. The van der Waals surface area contributed by atoms with Crippen LogP contribution in [0.2, 0.25) is 0 Å². The van der Waals surface area contributed by atoms with E-state index in [1.54, 1.807) is 12.1 Å². The van der Waals surface area contributed by atoms with Gasteiger partial charge >= 0.3 is 5.97 Å². The highest BCUT2D eigenvalue weighted by molar-refractivity contribution is 5.87. The Kier molecular flexibility index (Phi) is 5.62. The normalized spacial score (nSPS) is 10.4. The van der Waals surface area contributed by atoms with E-state index in [1.807, 2.05) is 11.8 Å². The lowest BCUT2D eigenvalue weighted by atomic mass is 10.1. The van der Waals surface area contributed by atoms with Crippen LogP contribution in [0.25, 0.3) is 6.08 Å². The minimum absolute atomic E-state index is 0.244. The van der Waals surface area contributed by atoms with Gasteiger partial charge in [-0.15, -0.1) is 6.42 Å². The van der Waals surface area contributed by atoms with Crippen molar-refractivity contribution >= 4 is 17.7 Å². The van der Waals surface area contributed by atoms with Gasteiger partial charge in [-0.2, -0.15) is 0 Å². The molecule has 0 unspecified atom stereocenters. The number of halogens is 1. The molecule has 0 saturated heterocycles. The third-order valence-corrected chi connectivity index (χ3v) is 2.54. The summed E-state index contributed by atoms with van der Waals surface area (Å²) in [5.41, 5.74) is 0.853. The molecule has 19 heavy (non-hydrogen) atoms. The lowest BCUT2D eigenvalue weighted by molar-refractivity contribution is -0.131. The smallest absolute Gasteiger partial charge is 0.328 e. The molecule has 0 aromatic heterocycles. The number of carbonyl (C=O) groups is 1. The van der Waals surface area contributed by atoms with E-state index in [9.17, 15) is 9.18 Å². The molecule has 0 bridgehead atoms. The molecule has 3 nitrogen and oxygen atoms in total. The zero-order valence-corrected chi connectivity index (χ0v) is 10.8. The predicted octanol–water partition coefficient (Wildman–Crippen LogP) is 2.77. The number of carboxylic acids is 1. The van der Waals surface area contributed by atoms with Crippen molar-refractivity contribution in [3.8, 4) is 12.3 Å². The Morgan fingerprint density at radius 1 is 1.58 bits per heavy atom. The van der Waals surface area contributed by atoms with Crippen LogP contribution in [0.5, 0.6) is 0 Å². The first-order valence-corrected chi connectivity index (χ1v) is 5.98. The largest absolute Gasteiger partial charge is 0.478 e. The van der Waals surface area contributed by atoms with E-state index in [4.69, 9.17) is 11.5 Å². The van der Waals surface area contributed by atoms with Crippen LogP contribution in [0.1, 0.15) is 18.9 Å². The average molecular weight is 261 g/mol. The molecule has 0 radical (unpaired) electrons. The van der Waals surface area contributed by atoms with Crippen molar-refractivity contribution in [2.24, 2.45) is 0 Å². The van der Waals surface area contributed by atoms with Crippen LogP contribution in [-0.2, 0) is 4.79 Å². The molecule has 0 fully saturated rings. The van der Waals surface area contributed by atoms with Gasteiger partial charge in [-0.25, -0.2) is 9.18 Å². The predicted molar refractivity (Wildman–Crippen MR) is 74.4 cm³/mol. The topological polar surface area (TPSA) is 40.5 Å². The Labute approximate surface area is 112 Å². The summed E-state index contributed by atoms with van der Waals surface area (Å²) in [4.78, 5) is 12.4. The van der Waals surface area contributed by atoms with Crippen LogP contribution in [0.4, 0.5) is 10.1 Å². The first kappa shape index (κ1) is 14.8. The molecule has 100 valence electrons. The number of rotatable bonds is 6. The monoisotopic (exact) mass is 261 g/mol. The fourth-order valence-electron chi connectivity index (χ4n) is 1.79. The minimum atomic E-state index is -1.12. The summed E-state index contributed by atoms with van der Waals surface area (Å²) < 4.78 is 13.8. The van der Waals surface area contributed by atoms with E-state index >= 15 is 0 Å². The number of nitrogens with zero attached hydrogens (tertiary/aromatic N) is 1. The molecule has 1 rings (SSSR count). The maximum Gasteiger partial charge on any atom is 0.328 e. The molecule has 0 aliphatic carbocycles. The van der Waals surface area contributed by atoms with Gasteiger partial charge in [0.25, 0.3) is 0 Å². The second-order valence-electron chi connectivity index (χ2n) is 3.97. The highest BCUT2D eigenvalue weighted by atomic mass is 19.1. The van der Waals surface area contributed by atoms with Gasteiger partial charge in [0, 0.05) is 23.9 Å². The molecule has 0 aliphatic rings. The van der Waals surface area contributed by atoms with Gasteiger partial charge in [0.15, 0.2) is 0 Å². The van der Waals surface area contributed by atoms with Crippen molar-refractivity contribution in [2.75, 3.05) is 18.0 Å². The third kappa shape index (κ3) is 4.14. The van der Waals surface area contributed by atoms with Crippen molar-refractivity contribution in [1.29, 1.82) is 0 Å². The highest BCUT2D eigenvalue weighted by Crippen LogP contribution is 2.24. The number of aliphatic carboxylic acids is 1. The summed E-state index contributed by atoms with van der Waals surface area (Å²) in [7, 11) is 0. The summed E-state index contributed by atoms with van der Waals surface area (Å²) in [6.07, 6.45) is 8.35. The fraction of sp³-hybridized carbons (Fsp3) is 0.267. The van der Waals surface area contributed by atoms with Crippen molar-refractivity contribution < 1.29 is 14.3 Å². The maximum atomic E-state index is 13.8. The average Bonchev–Trinajstić information content (AvgIpc) is 2.36. The maximum absolute atomic E-state index is 13.8. The zero-order chi connectivity index (χ0) is 14.3. The van der Waals surface area contributed by atoms with Gasteiger partial charge in [0.1, 0.15) is 5.82 Å². The van der Waals surface area contributed by atoms with Crippen molar-refractivity contribution in [3.63, 3.8) is 0 Å². The Balaban J connectivity index is 3.21. The van der Waals surface area contributed by atoms with E-state index in [0.717, 1.165) is 12.5 Å². The van der Waals surface area contributed by atoms with Crippen molar-refractivity contribution in [3.05, 3.63) is 35.7 Å². The van der Waals surface area contributed by atoms with Crippen molar-refractivity contribution in [2.45, 2.75) is 13.3 Å². The van der Waals surface area contributed by atoms with Gasteiger partial charge in [0.2, 0.25) is 0 Å². The SMILES string of the molecule is C#CCN(CCC)c1cccc(F)c1/C=C/C(=O)O. The quantitative estimate of drug-likeness (QED) is 0.632. The minimum Gasteiger partial charge on any atom is -0.478 e. The number of hydrogen-bond acceptors (Lipinski definition) is 2. The molecule has 1 aromatic carbocycles. The Hall–Kier alpha value is -2.28. The first-order chi connectivity index (χ1) is 9.10. The number of anilines is 1. The van der Waals surface area contributed by atoms with E-state index in [1.165, 1.54) is 12.1 Å². The van der Waals surface area contributed by atoms with Crippen LogP contribution < -0.4 is 4.90 Å². The summed E-state index contributed by atoms with van der Waals surface area (Å²) in [5.74, 6) is 0.944. The Morgan fingerprint density at radius 3 is 2.89 bits per heavy atom. The third-order valence-electron chi connectivity index (χ3n) is 2.54. The fourth-order valence-corrected chi connectivity index (χ4v) is 1.79. The van der Waals surface area contributed by atoms with Crippen molar-refractivity contribution in [1.82, 2.24) is 0 Å². The number of hydrogen-bond donors (Lipinski definition) is 1. The molecule has 0 spiro atoms. The van der Waals surface area contributed by atoms with Crippen LogP contribution in [-0.4, -0.2) is 24.2 Å².